The highest BCUT2D eigenvalue weighted by Gasteiger charge is 2.37. The van der Waals surface area contributed by atoms with Crippen molar-refractivity contribution in [3.8, 4) is 11.3 Å². The summed E-state index contributed by atoms with van der Waals surface area (Å²) in [6, 6.07) is 9.17. The van der Waals surface area contributed by atoms with E-state index in [1.54, 1.807) is 30.3 Å². The molecule has 1 aliphatic carbocycles. The molecule has 2 unspecified atom stereocenters. The van der Waals surface area contributed by atoms with Crippen molar-refractivity contribution in [2.45, 2.75) is 25.2 Å². The Kier molecular flexibility index (Phi) is 6.93. The Bertz CT molecular complexity index is 1370. The second-order valence-corrected chi connectivity index (χ2v) is 10.1. The molecule has 7 nitrogen and oxygen atoms in total. The number of anilines is 2. The van der Waals surface area contributed by atoms with Crippen molar-refractivity contribution in [3.63, 3.8) is 0 Å². The average Bonchev–Trinajstić information content (AvgIpc) is 3.45. The molecule has 3 heterocycles. The third-order valence-electron chi connectivity index (χ3n) is 6.05. The van der Waals surface area contributed by atoms with Gasteiger partial charge in [0.25, 0.3) is 0 Å². The summed E-state index contributed by atoms with van der Waals surface area (Å²) in [4.78, 5) is 22.9. The highest BCUT2D eigenvalue weighted by atomic mass is 35.5. The van der Waals surface area contributed by atoms with Crippen LogP contribution in [-0.2, 0) is 12.7 Å². The number of aliphatic hydroxyl groups is 1. The Balaban J connectivity index is 1.26. The SMILES string of the molecule is O=C(NCc1sc(C(F)(F)F)nc1-c1cccc(Cl)c1)Nc1ccc(N2CC(O)C3CC=CC=C32)nc1. The minimum absolute atomic E-state index is 0.0387. The number of aromatic nitrogens is 2. The van der Waals surface area contributed by atoms with Crippen LogP contribution in [0.4, 0.5) is 29.5 Å². The van der Waals surface area contributed by atoms with Gasteiger partial charge in [0.1, 0.15) is 5.82 Å². The van der Waals surface area contributed by atoms with Gasteiger partial charge in [-0.25, -0.2) is 14.8 Å². The maximum Gasteiger partial charge on any atom is 0.443 e. The molecule has 1 fully saturated rings. The molecule has 0 saturated carbocycles. The molecule has 3 N–H and O–H groups in total. The molecule has 192 valence electrons. The highest BCUT2D eigenvalue weighted by molar-refractivity contribution is 7.12. The standard InChI is InChI=1S/C25H21ClF3N5O2S/c26-15-5-3-4-14(10-15)22-20(37-23(33-22)25(27,28)29)12-31-24(36)32-16-8-9-21(30-11-16)34-13-19(35)17-6-1-2-7-18(17)34/h1-5,7-11,17,19,35H,6,12-13H2,(H2,31,32,36). The van der Waals surface area contributed by atoms with Gasteiger partial charge in [0.15, 0.2) is 5.01 Å². The minimum atomic E-state index is -4.61. The van der Waals surface area contributed by atoms with E-state index in [4.69, 9.17) is 11.6 Å². The van der Waals surface area contributed by atoms with E-state index < -0.39 is 23.3 Å². The van der Waals surface area contributed by atoms with Crippen molar-refractivity contribution in [1.29, 1.82) is 0 Å². The van der Waals surface area contributed by atoms with Crippen LogP contribution in [0.2, 0.25) is 5.02 Å². The predicted octanol–water partition coefficient (Wildman–Crippen LogP) is 5.84. The second-order valence-electron chi connectivity index (χ2n) is 8.55. The molecule has 5 rings (SSSR count). The van der Waals surface area contributed by atoms with Crippen molar-refractivity contribution >= 4 is 40.5 Å². The number of β-amino-alcohol motifs (C(OH)–C–C–N with tert-alkyl or cyclic N) is 1. The Hall–Kier alpha value is -3.41. The largest absolute Gasteiger partial charge is 0.443 e. The summed E-state index contributed by atoms with van der Waals surface area (Å²) in [5.41, 5.74) is 1.95. The number of hydrogen-bond acceptors (Lipinski definition) is 6. The van der Waals surface area contributed by atoms with Gasteiger partial charge in [-0.15, -0.1) is 11.3 Å². The molecule has 2 aliphatic rings. The number of allylic oxidation sites excluding steroid dienone is 3. The molecule has 0 spiro atoms. The number of alkyl halides is 3. The fraction of sp³-hybridized carbons (Fsp3) is 0.240. The summed E-state index contributed by atoms with van der Waals surface area (Å²) >= 11 is 6.47. The highest BCUT2D eigenvalue weighted by Crippen LogP contribution is 2.38. The van der Waals surface area contributed by atoms with Crippen LogP contribution < -0.4 is 15.5 Å². The van der Waals surface area contributed by atoms with Crippen molar-refractivity contribution in [2.75, 3.05) is 16.8 Å². The van der Waals surface area contributed by atoms with Gasteiger partial charge in [-0.2, -0.15) is 13.2 Å². The number of rotatable bonds is 5. The van der Waals surface area contributed by atoms with Gasteiger partial charge < -0.3 is 20.6 Å². The first-order valence-electron chi connectivity index (χ1n) is 11.3. The van der Waals surface area contributed by atoms with E-state index in [0.29, 0.717) is 40.0 Å². The molecule has 0 bridgehead atoms. The van der Waals surface area contributed by atoms with E-state index in [2.05, 4.69) is 20.6 Å². The molecule has 0 radical (unpaired) electrons. The molecule has 1 saturated heterocycles. The lowest BCUT2D eigenvalue weighted by Gasteiger charge is -2.22. The van der Waals surface area contributed by atoms with Gasteiger partial charge in [0, 0.05) is 22.2 Å². The number of thiazole rings is 1. The van der Waals surface area contributed by atoms with Crippen LogP contribution in [0.1, 0.15) is 16.3 Å². The number of carbonyl (C=O) groups excluding carboxylic acids is 1. The van der Waals surface area contributed by atoms with Gasteiger partial charge in [-0.05, 0) is 36.8 Å². The van der Waals surface area contributed by atoms with Crippen LogP contribution in [0.3, 0.4) is 0 Å². The maximum atomic E-state index is 13.3. The number of aliphatic hydroxyl groups excluding tert-OH is 1. The van der Waals surface area contributed by atoms with Gasteiger partial charge in [0.05, 0.1) is 41.6 Å². The number of nitrogens with zero attached hydrogens (tertiary/aromatic N) is 3. The Morgan fingerprint density at radius 1 is 1.27 bits per heavy atom. The van der Waals surface area contributed by atoms with Gasteiger partial charge in [0.2, 0.25) is 0 Å². The van der Waals surface area contributed by atoms with Gasteiger partial charge >= 0.3 is 12.2 Å². The lowest BCUT2D eigenvalue weighted by molar-refractivity contribution is -0.137. The lowest BCUT2D eigenvalue weighted by Crippen LogP contribution is -2.28. The molecule has 2 amide bonds. The van der Waals surface area contributed by atoms with E-state index in [-0.39, 0.29) is 23.0 Å². The molecular formula is C25H21ClF3N5O2S. The third-order valence-corrected chi connectivity index (χ3v) is 7.38. The smallest absolute Gasteiger partial charge is 0.391 e. The van der Waals surface area contributed by atoms with Gasteiger partial charge in [-0.1, -0.05) is 35.9 Å². The number of hydrogen-bond donors (Lipinski definition) is 3. The predicted molar refractivity (Wildman–Crippen MR) is 136 cm³/mol. The van der Waals surface area contributed by atoms with Crippen LogP contribution in [0.15, 0.2) is 66.5 Å². The van der Waals surface area contributed by atoms with Crippen molar-refractivity contribution in [1.82, 2.24) is 15.3 Å². The van der Waals surface area contributed by atoms with E-state index in [1.807, 2.05) is 23.1 Å². The Morgan fingerprint density at radius 3 is 2.84 bits per heavy atom. The molecule has 12 heteroatoms. The number of urea groups is 1. The number of nitrogens with one attached hydrogen (secondary N) is 2. The molecule has 2 atom stereocenters. The summed E-state index contributed by atoms with van der Waals surface area (Å²) in [5, 5.41) is 14.9. The summed E-state index contributed by atoms with van der Waals surface area (Å²) in [6.45, 7) is 0.268. The first-order valence-corrected chi connectivity index (χ1v) is 12.5. The second kappa shape index (κ2) is 10.2. The Labute approximate surface area is 219 Å². The number of carbonyl (C=O) groups is 1. The number of fused-ring (bicyclic) bond motifs is 1. The van der Waals surface area contributed by atoms with Crippen LogP contribution >= 0.6 is 22.9 Å². The van der Waals surface area contributed by atoms with E-state index in [0.717, 1.165) is 12.1 Å². The number of halogens is 4. The topological polar surface area (TPSA) is 90.4 Å². The molecule has 37 heavy (non-hydrogen) atoms. The quantitative estimate of drug-likeness (QED) is 0.373. The monoisotopic (exact) mass is 547 g/mol. The van der Waals surface area contributed by atoms with Crippen LogP contribution in [-0.4, -0.2) is 33.8 Å². The van der Waals surface area contributed by atoms with Crippen LogP contribution in [0.5, 0.6) is 0 Å². The maximum absolute atomic E-state index is 13.3. The lowest BCUT2D eigenvalue weighted by atomic mass is 9.95. The molecule has 3 aromatic rings. The first-order chi connectivity index (χ1) is 17.7. The zero-order chi connectivity index (χ0) is 26.2. The van der Waals surface area contributed by atoms with Crippen molar-refractivity contribution in [2.24, 2.45) is 5.92 Å². The first kappa shape index (κ1) is 25.2. The van der Waals surface area contributed by atoms with Crippen LogP contribution in [0, 0.1) is 5.92 Å². The summed E-state index contributed by atoms with van der Waals surface area (Å²) in [7, 11) is 0. The third kappa shape index (κ3) is 5.48. The Morgan fingerprint density at radius 2 is 2.11 bits per heavy atom. The summed E-state index contributed by atoms with van der Waals surface area (Å²) in [5.74, 6) is 0.682. The summed E-state index contributed by atoms with van der Waals surface area (Å²) < 4.78 is 39.9. The number of pyridine rings is 1. The zero-order valence-corrected chi connectivity index (χ0v) is 20.7. The molecule has 2 aromatic heterocycles. The number of amides is 2. The molecule has 1 aromatic carbocycles. The molecular weight excluding hydrogens is 527 g/mol. The van der Waals surface area contributed by atoms with E-state index >= 15 is 0 Å². The average molecular weight is 548 g/mol. The van der Waals surface area contributed by atoms with Crippen LogP contribution in [0.25, 0.3) is 11.3 Å². The fourth-order valence-corrected chi connectivity index (χ4v) is 5.42. The normalized spacial score (nSPS) is 18.9. The zero-order valence-electron chi connectivity index (χ0n) is 19.2. The van der Waals surface area contributed by atoms with Crippen molar-refractivity contribution in [3.05, 3.63) is 81.4 Å². The van der Waals surface area contributed by atoms with Gasteiger partial charge in [-0.3, -0.25) is 0 Å². The van der Waals surface area contributed by atoms with Crippen molar-refractivity contribution < 1.29 is 23.1 Å². The number of benzene rings is 1. The summed E-state index contributed by atoms with van der Waals surface area (Å²) in [6.07, 6.45) is 3.10. The minimum Gasteiger partial charge on any atom is -0.391 e. The van der Waals surface area contributed by atoms with E-state index in [9.17, 15) is 23.1 Å². The van der Waals surface area contributed by atoms with E-state index in [1.165, 1.54) is 12.3 Å². The molecule has 1 aliphatic heterocycles. The fourth-order valence-electron chi connectivity index (χ4n) is 4.34.